The zero-order valence-electron chi connectivity index (χ0n) is 10.8. The van der Waals surface area contributed by atoms with Gasteiger partial charge in [0.15, 0.2) is 11.5 Å². The first kappa shape index (κ1) is 13.9. The normalized spacial score (nSPS) is 10.9. The van der Waals surface area contributed by atoms with Gasteiger partial charge in [-0.2, -0.15) is 14.9 Å². The summed E-state index contributed by atoms with van der Waals surface area (Å²) in [6, 6.07) is 4.69. The largest absolute Gasteiger partial charge is 0.504 e. The number of aromatic nitrogens is 3. The maximum absolute atomic E-state index is 11.8. The average Bonchev–Trinajstić information content (AvgIpc) is 2.44. The van der Waals surface area contributed by atoms with Gasteiger partial charge in [0.25, 0.3) is 5.56 Å². The SMILES string of the molecule is COc1cc(/C=N/n2c(=S)[nH]nc(C)c2=O)ccc1O. The van der Waals surface area contributed by atoms with Gasteiger partial charge < -0.3 is 9.84 Å². The summed E-state index contributed by atoms with van der Waals surface area (Å²) in [7, 11) is 1.45. The Morgan fingerprint density at radius 1 is 1.55 bits per heavy atom. The zero-order valence-corrected chi connectivity index (χ0v) is 11.6. The van der Waals surface area contributed by atoms with Gasteiger partial charge in [0.2, 0.25) is 4.77 Å². The van der Waals surface area contributed by atoms with Crippen molar-refractivity contribution in [2.24, 2.45) is 5.10 Å². The number of hydrogen-bond acceptors (Lipinski definition) is 6. The highest BCUT2D eigenvalue weighted by atomic mass is 32.1. The van der Waals surface area contributed by atoms with Crippen LogP contribution in [0.25, 0.3) is 0 Å². The lowest BCUT2D eigenvalue weighted by Gasteiger charge is -2.03. The molecule has 2 aromatic rings. The Morgan fingerprint density at radius 3 is 3.00 bits per heavy atom. The molecule has 104 valence electrons. The van der Waals surface area contributed by atoms with E-state index in [1.54, 1.807) is 19.1 Å². The molecular weight excluding hydrogens is 280 g/mol. The molecule has 0 spiro atoms. The zero-order chi connectivity index (χ0) is 14.7. The summed E-state index contributed by atoms with van der Waals surface area (Å²) in [5.41, 5.74) is 0.519. The fourth-order valence-electron chi connectivity index (χ4n) is 1.48. The van der Waals surface area contributed by atoms with Crippen LogP contribution in [-0.4, -0.2) is 33.3 Å². The molecule has 0 fully saturated rings. The fraction of sp³-hybridized carbons (Fsp3) is 0.167. The molecule has 7 nitrogen and oxygen atoms in total. The molecule has 0 saturated heterocycles. The summed E-state index contributed by atoms with van der Waals surface area (Å²) in [6.45, 7) is 1.56. The molecule has 0 aliphatic heterocycles. The first-order chi connectivity index (χ1) is 9.52. The van der Waals surface area contributed by atoms with Crippen molar-refractivity contribution >= 4 is 18.4 Å². The number of nitrogens with one attached hydrogen (secondary N) is 1. The molecule has 0 atom stereocenters. The summed E-state index contributed by atoms with van der Waals surface area (Å²) in [6.07, 6.45) is 1.44. The summed E-state index contributed by atoms with van der Waals surface area (Å²) in [5.74, 6) is 0.344. The molecule has 1 aromatic carbocycles. The van der Waals surface area contributed by atoms with Gasteiger partial charge >= 0.3 is 0 Å². The van der Waals surface area contributed by atoms with E-state index >= 15 is 0 Å². The number of H-pyrrole nitrogens is 1. The number of rotatable bonds is 3. The van der Waals surface area contributed by atoms with Crippen molar-refractivity contribution in [1.82, 2.24) is 14.9 Å². The van der Waals surface area contributed by atoms with Gasteiger partial charge in [-0.15, -0.1) is 0 Å². The van der Waals surface area contributed by atoms with Crippen LogP contribution in [0.4, 0.5) is 0 Å². The van der Waals surface area contributed by atoms with Gasteiger partial charge in [-0.3, -0.25) is 9.89 Å². The van der Waals surface area contributed by atoms with Crippen molar-refractivity contribution < 1.29 is 9.84 Å². The van der Waals surface area contributed by atoms with Crippen molar-refractivity contribution in [2.75, 3.05) is 7.11 Å². The number of aryl methyl sites for hydroxylation is 1. The standard InChI is InChI=1S/C12H12N4O3S/c1-7-11(18)16(12(20)15-14-7)13-6-8-3-4-9(17)10(5-8)19-2/h3-6,17H,1-2H3,(H,15,20)/b13-6+. The van der Waals surface area contributed by atoms with Crippen LogP contribution in [0.2, 0.25) is 0 Å². The van der Waals surface area contributed by atoms with Crippen LogP contribution in [0.1, 0.15) is 11.3 Å². The highest BCUT2D eigenvalue weighted by molar-refractivity contribution is 7.71. The Balaban J connectivity index is 2.42. The lowest BCUT2D eigenvalue weighted by atomic mass is 10.2. The minimum absolute atomic E-state index is 0.0267. The maximum atomic E-state index is 11.8. The van der Waals surface area contributed by atoms with Crippen LogP contribution in [0, 0.1) is 11.7 Å². The number of aromatic amines is 1. The molecule has 0 aliphatic carbocycles. The fourth-order valence-corrected chi connectivity index (χ4v) is 1.65. The molecule has 0 aliphatic rings. The van der Waals surface area contributed by atoms with Gasteiger partial charge in [-0.25, -0.2) is 0 Å². The molecule has 0 saturated carbocycles. The van der Waals surface area contributed by atoms with E-state index in [0.717, 1.165) is 4.68 Å². The average molecular weight is 292 g/mol. The molecule has 0 bridgehead atoms. The summed E-state index contributed by atoms with van der Waals surface area (Å²) >= 11 is 4.95. The molecule has 1 aromatic heterocycles. The maximum Gasteiger partial charge on any atom is 0.296 e. The Kier molecular flexibility index (Phi) is 3.94. The molecular formula is C12H12N4O3S. The highest BCUT2D eigenvalue weighted by Crippen LogP contribution is 2.25. The van der Waals surface area contributed by atoms with Crippen molar-refractivity contribution in [2.45, 2.75) is 6.92 Å². The smallest absolute Gasteiger partial charge is 0.296 e. The molecule has 0 amide bonds. The van der Waals surface area contributed by atoms with E-state index in [4.69, 9.17) is 17.0 Å². The van der Waals surface area contributed by atoms with E-state index in [1.165, 1.54) is 19.4 Å². The van der Waals surface area contributed by atoms with Crippen molar-refractivity contribution in [1.29, 1.82) is 0 Å². The number of benzene rings is 1. The molecule has 2 rings (SSSR count). The second kappa shape index (κ2) is 5.66. The van der Waals surface area contributed by atoms with Crippen LogP contribution in [-0.2, 0) is 0 Å². The van der Waals surface area contributed by atoms with Gasteiger partial charge in [-0.05, 0) is 42.9 Å². The number of aromatic hydroxyl groups is 1. The van der Waals surface area contributed by atoms with Crippen LogP contribution in [0.3, 0.4) is 0 Å². The number of hydrogen-bond donors (Lipinski definition) is 2. The second-order valence-electron chi connectivity index (χ2n) is 3.91. The number of phenols is 1. The van der Waals surface area contributed by atoms with Crippen LogP contribution < -0.4 is 10.3 Å². The first-order valence-electron chi connectivity index (χ1n) is 5.62. The molecule has 1 heterocycles. The Labute approximate surface area is 119 Å². The number of nitrogens with zero attached hydrogens (tertiary/aromatic N) is 3. The van der Waals surface area contributed by atoms with Crippen LogP contribution in [0.15, 0.2) is 28.1 Å². The minimum Gasteiger partial charge on any atom is -0.504 e. The third-order valence-corrected chi connectivity index (χ3v) is 2.80. The van der Waals surface area contributed by atoms with E-state index in [-0.39, 0.29) is 16.2 Å². The minimum atomic E-state index is -0.393. The van der Waals surface area contributed by atoms with E-state index in [1.807, 2.05) is 0 Å². The molecule has 0 unspecified atom stereocenters. The number of methoxy groups -OCH3 is 1. The number of phenolic OH excluding ortho intramolecular Hbond substituents is 1. The molecule has 0 radical (unpaired) electrons. The number of ether oxygens (including phenoxy) is 1. The lowest BCUT2D eigenvalue weighted by molar-refractivity contribution is 0.373. The van der Waals surface area contributed by atoms with E-state index in [0.29, 0.717) is 11.3 Å². The topological polar surface area (TPSA) is 92.5 Å². The monoisotopic (exact) mass is 292 g/mol. The summed E-state index contributed by atoms with van der Waals surface area (Å²) in [5, 5.41) is 19.8. The predicted octanol–water partition coefficient (Wildman–Crippen LogP) is 1.21. The van der Waals surface area contributed by atoms with E-state index in [9.17, 15) is 9.90 Å². The third-order valence-electron chi connectivity index (χ3n) is 2.54. The van der Waals surface area contributed by atoms with Crippen molar-refractivity contribution in [3.05, 3.63) is 44.6 Å². The predicted molar refractivity (Wildman–Crippen MR) is 76.1 cm³/mol. The second-order valence-corrected chi connectivity index (χ2v) is 4.29. The molecule has 20 heavy (non-hydrogen) atoms. The van der Waals surface area contributed by atoms with Gasteiger partial charge in [0, 0.05) is 0 Å². The third kappa shape index (κ3) is 2.75. The quantitative estimate of drug-likeness (QED) is 0.655. The Morgan fingerprint density at radius 2 is 2.30 bits per heavy atom. The van der Waals surface area contributed by atoms with Gasteiger partial charge in [0.1, 0.15) is 5.69 Å². The Bertz CT molecular complexity index is 779. The Hall–Kier alpha value is -2.48. The summed E-state index contributed by atoms with van der Waals surface area (Å²) in [4.78, 5) is 11.8. The lowest BCUT2D eigenvalue weighted by Crippen LogP contribution is -2.22. The van der Waals surface area contributed by atoms with Gasteiger partial charge in [-0.1, -0.05) is 0 Å². The van der Waals surface area contributed by atoms with Gasteiger partial charge in [0.05, 0.1) is 13.3 Å². The highest BCUT2D eigenvalue weighted by Gasteiger charge is 2.03. The van der Waals surface area contributed by atoms with Crippen molar-refractivity contribution in [3.63, 3.8) is 0 Å². The van der Waals surface area contributed by atoms with Crippen LogP contribution in [0.5, 0.6) is 11.5 Å². The van der Waals surface area contributed by atoms with Crippen molar-refractivity contribution in [3.8, 4) is 11.5 Å². The van der Waals surface area contributed by atoms with Crippen LogP contribution >= 0.6 is 12.2 Å². The summed E-state index contributed by atoms with van der Waals surface area (Å²) < 4.78 is 6.13. The molecule has 8 heteroatoms. The van der Waals surface area contributed by atoms with E-state index in [2.05, 4.69) is 15.3 Å². The first-order valence-corrected chi connectivity index (χ1v) is 6.03. The molecule has 2 N–H and O–H groups in total. The van der Waals surface area contributed by atoms with E-state index < -0.39 is 5.56 Å².